The van der Waals surface area contributed by atoms with Gasteiger partial charge in [0, 0.05) is 12.1 Å². The van der Waals surface area contributed by atoms with Crippen molar-refractivity contribution >= 4 is 50.7 Å². The topological polar surface area (TPSA) is 0 Å². The molecule has 416 valence electrons. The summed E-state index contributed by atoms with van der Waals surface area (Å²) in [6, 6.07) is -4.19. The Morgan fingerprint density at radius 2 is 0.408 bits per heavy atom. The lowest BCUT2D eigenvalue weighted by Gasteiger charge is -2.46. The normalized spacial score (nSPS) is 14.0. The van der Waals surface area contributed by atoms with Gasteiger partial charge in [0.25, 0.3) is 0 Å². The van der Waals surface area contributed by atoms with Crippen LogP contribution in [0.4, 0.5) is 132 Å². The maximum Gasteiger partial charge on any atom is 0.425 e. The Labute approximate surface area is 421 Å². The standard InChI is InChI=1S/C32H12BF24.C10H4F6IS2/c34-25(35,36)13-1-14(26(37,38)39)6-21(5-13)33(22-7-15(27(40,41)42)2-16(8-22)28(43,44)45,23-9-17(29(46,47)48)3-18(10-23)30(49,50)51)24-11-19(31(52,53)54)4-20(12-24)32(55,56)57;11-9(12,13)5-1-3-7(18-5)17-8-4-2-6(19-8)10(14,15)16/h1-12H;1-4H/q-1;+1. The van der Waals surface area contributed by atoms with Crippen LogP contribution >= 0.6 is 22.7 Å². The zero-order valence-corrected chi connectivity index (χ0v) is 39.1. The first-order valence-corrected chi connectivity index (χ1v) is 23.1. The third-order valence-electron chi connectivity index (χ3n) is 10.3. The van der Waals surface area contributed by atoms with Crippen molar-refractivity contribution in [3.8, 4) is 0 Å². The Morgan fingerprint density at radius 1 is 0.237 bits per heavy atom. The Hall–Kier alpha value is -5.03. The van der Waals surface area contributed by atoms with Crippen LogP contribution in [0.15, 0.2) is 97.1 Å². The fraction of sp³-hybridized carbons (Fsp3) is 0.238. The van der Waals surface area contributed by atoms with Crippen molar-refractivity contribution in [1.82, 2.24) is 0 Å². The summed E-state index contributed by atoms with van der Waals surface area (Å²) in [7, 11) is 0. The lowest BCUT2D eigenvalue weighted by atomic mass is 9.12. The van der Waals surface area contributed by atoms with E-state index >= 15 is 0 Å². The van der Waals surface area contributed by atoms with Gasteiger partial charge in [-0.2, -0.15) is 154 Å². The molecular formula is C42H16BF30IS2. The van der Waals surface area contributed by atoms with Crippen molar-refractivity contribution in [1.29, 1.82) is 0 Å². The molecular weight excluding hydrogens is 1280 g/mol. The van der Waals surface area contributed by atoms with E-state index in [4.69, 9.17) is 0 Å². The Kier molecular flexibility index (Phi) is 16.5. The van der Waals surface area contributed by atoms with Crippen LogP contribution in [-0.4, -0.2) is 6.15 Å². The van der Waals surface area contributed by atoms with Crippen LogP contribution in [0.5, 0.6) is 0 Å². The van der Waals surface area contributed by atoms with E-state index in [-0.39, 0.29) is 0 Å². The largest absolute Gasteiger partial charge is 0.425 e. The average molecular weight is 1290 g/mol. The van der Waals surface area contributed by atoms with Gasteiger partial charge >= 0.3 is 83.0 Å². The molecule has 4 aromatic carbocycles. The van der Waals surface area contributed by atoms with Gasteiger partial charge in [-0.1, -0.05) is 71.2 Å². The first-order valence-electron chi connectivity index (χ1n) is 19.3. The molecule has 0 nitrogen and oxygen atoms in total. The molecule has 0 radical (unpaired) electrons. The van der Waals surface area contributed by atoms with E-state index in [0.29, 0.717) is 28.4 Å². The smallest absolute Gasteiger partial charge is 0.194 e. The SMILES string of the molecule is FC(F)(F)c1cc([B-](c2cc(C(F)(F)F)cc(C(F)(F)F)c2)(c2cc(C(F)(F)F)cc(C(F)(F)F)c2)c2cc(C(F)(F)F)cc(C(F)(F)F)c2)cc(C(F)(F)F)c1.FC(F)(F)c1ccc([I+]c2ccc(C(F)(F)F)s2)s1. The predicted molar refractivity (Wildman–Crippen MR) is 206 cm³/mol. The maximum absolute atomic E-state index is 14.2. The van der Waals surface area contributed by atoms with Crippen molar-refractivity contribution < 1.29 is 153 Å². The molecule has 0 saturated carbocycles. The van der Waals surface area contributed by atoms with Crippen molar-refractivity contribution in [3.05, 3.63) is 157 Å². The number of benzene rings is 4. The van der Waals surface area contributed by atoms with Crippen LogP contribution in [0.1, 0.15) is 54.3 Å². The summed E-state index contributed by atoms with van der Waals surface area (Å²) in [5.74, 6) is 0. The first-order chi connectivity index (χ1) is 33.9. The molecule has 6 aromatic rings. The molecule has 2 aromatic heterocycles. The molecule has 34 heteroatoms. The highest BCUT2D eigenvalue weighted by Gasteiger charge is 2.48. The van der Waals surface area contributed by atoms with Gasteiger partial charge < -0.3 is 0 Å². The Bertz CT molecular complexity index is 2550. The maximum atomic E-state index is 14.2. The highest BCUT2D eigenvalue weighted by molar-refractivity contribution is 7.20. The molecule has 0 N–H and O–H groups in total. The van der Waals surface area contributed by atoms with Crippen LogP contribution in [0.3, 0.4) is 0 Å². The summed E-state index contributed by atoms with van der Waals surface area (Å²) in [5, 5.41) is 0. The molecule has 0 spiro atoms. The predicted octanol–water partition coefficient (Wildman–Crippen LogP) is 13.2. The number of alkyl halides is 30. The van der Waals surface area contributed by atoms with Gasteiger partial charge in [0.1, 0.15) is 15.9 Å². The molecule has 0 aliphatic carbocycles. The minimum atomic E-state index is -6.13. The highest BCUT2D eigenvalue weighted by Crippen LogP contribution is 2.42. The van der Waals surface area contributed by atoms with Gasteiger partial charge in [0.15, 0.2) is 0 Å². The highest BCUT2D eigenvalue weighted by atomic mass is 127. The van der Waals surface area contributed by atoms with E-state index in [0.717, 1.165) is 12.1 Å². The molecule has 76 heavy (non-hydrogen) atoms. The van der Waals surface area contributed by atoms with Crippen LogP contribution in [-0.2, 0) is 61.8 Å². The molecule has 6 rings (SSSR count). The lowest BCUT2D eigenvalue weighted by Crippen LogP contribution is -3.61. The van der Waals surface area contributed by atoms with Crippen molar-refractivity contribution in [3.63, 3.8) is 0 Å². The second kappa shape index (κ2) is 20.3. The molecule has 0 saturated heterocycles. The van der Waals surface area contributed by atoms with E-state index in [9.17, 15) is 132 Å². The zero-order chi connectivity index (χ0) is 58.2. The molecule has 0 unspecified atom stereocenters. The molecule has 0 amide bonds. The van der Waals surface area contributed by atoms with Crippen molar-refractivity contribution in [2.24, 2.45) is 0 Å². The third kappa shape index (κ3) is 14.4. The Morgan fingerprint density at radius 3 is 0.539 bits per heavy atom. The number of hydrogen-bond acceptors (Lipinski definition) is 2. The van der Waals surface area contributed by atoms with Crippen LogP contribution < -0.4 is 43.1 Å². The van der Waals surface area contributed by atoms with E-state index in [1.165, 1.54) is 12.1 Å². The summed E-state index contributed by atoms with van der Waals surface area (Å²) in [4.78, 5) is -1.43. The van der Waals surface area contributed by atoms with E-state index < -0.39 is 238 Å². The number of hydrogen-bond donors (Lipinski definition) is 0. The van der Waals surface area contributed by atoms with Gasteiger partial charge in [-0.15, -0.1) is 0 Å². The van der Waals surface area contributed by atoms with Crippen molar-refractivity contribution in [2.75, 3.05) is 0 Å². The third-order valence-corrected chi connectivity index (χ3v) is 16.3. The van der Waals surface area contributed by atoms with Gasteiger partial charge in [-0.3, -0.25) is 0 Å². The number of thiophene rings is 2. The van der Waals surface area contributed by atoms with Crippen LogP contribution in [0.25, 0.3) is 0 Å². The van der Waals surface area contributed by atoms with Gasteiger partial charge in [-0.05, 0) is 36.4 Å². The molecule has 2 heterocycles. The van der Waals surface area contributed by atoms with E-state index in [2.05, 4.69) is 0 Å². The zero-order valence-electron chi connectivity index (χ0n) is 35.3. The van der Waals surface area contributed by atoms with Gasteiger partial charge in [-0.25, -0.2) is 0 Å². The van der Waals surface area contributed by atoms with Gasteiger partial charge in [0.2, 0.25) is 5.77 Å². The minimum absolute atomic E-state index is 0.502. The summed E-state index contributed by atoms with van der Waals surface area (Å²) in [6.07, 6.45) is -63.6. The first kappa shape index (κ1) is 61.8. The molecule has 0 aliphatic heterocycles. The summed E-state index contributed by atoms with van der Waals surface area (Å²) in [5.41, 5.74) is -30.2. The molecule has 0 bridgehead atoms. The average Bonchev–Trinajstić information content (AvgIpc) is 3.92. The monoisotopic (exact) mass is 1290 g/mol. The number of rotatable bonds is 6. The fourth-order valence-electron chi connectivity index (χ4n) is 7.20. The van der Waals surface area contributed by atoms with Crippen LogP contribution in [0.2, 0.25) is 0 Å². The van der Waals surface area contributed by atoms with E-state index in [1.807, 2.05) is 0 Å². The summed E-state index contributed by atoms with van der Waals surface area (Å²) in [6.45, 7) is 0. The minimum Gasteiger partial charge on any atom is -0.194 e. The fourth-order valence-corrected chi connectivity index (χ4v) is 13.2. The Balaban J connectivity index is 0.000000468. The second-order valence-electron chi connectivity index (χ2n) is 15.5. The lowest BCUT2D eigenvalue weighted by molar-refractivity contribution is -0.585. The quantitative estimate of drug-likeness (QED) is 0.0886. The molecule has 0 aliphatic rings. The van der Waals surface area contributed by atoms with Gasteiger partial charge in [0.05, 0.1) is 44.5 Å². The summed E-state index contributed by atoms with van der Waals surface area (Å²) >= 11 is 0.212. The molecule has 0 fully saturated rings. The van der Waals surface area contributed by atoms with E-state index in [1.54, 1.807) is 0 Å². The van der Waals surface area contributed by atoms with Crippen LogP contribution in [0, 0.1) is 5.77 Å². The van der Waals surface area contributed by atoms with Crippen molar-refractivity contribution in [2.45, 2.75) is 61.8 Å². The molecule has 0 atom stereocenters. The summed E-state index contributed by atoms with van der Waals surface area (Å²) < 4.78 is 416. The number of halogens is 31. The second-order valence-corrected chi connectivity index (χ2v) is 22.0.